The minimum Gasteiger partial charge on any atom is -0.457 e. The van der Waals surface area contributed by atoms with E-state index in [1.54, 1.807) is 11.8 Å². The fourth-order valence-corrected chi connectivity index (χ4v) is 2.71. The lowest BCUT2D eigenvalue weighted by molar-refractivity contribution is -0.195. The number of nitrogens with two attached hydrogens (primary N) is 1. The standard InChI is InChI=1S/C15H18N2O3S2/c1-17-10-11-9-14(22-20-19-16)7-8-15(11)18-12-3-5-13(21-2)6-4-12/h3-9,17H,10,16H2,1-2H3. The van der Waals surface area contributed by atoms with Crippen molar-refractivity contribution in [3.05, 3.63) is 48.0 Å². The molecular weight excluding hydrogens is 320 g/mol. The van der Waals surface area contributed by atoms with Crippen LogP contribution in [0.3, 0.4) is 0 Å². The zero-order valence-electron chi connectivity index (χ0n) is 12.4. The van der Waals surface area contributed by atoms with E-state index < -0.39 is 0 Å². The van der Waals surface area contributed by atoms with Crippen molar-refractivity contribution >= 4 is 23.8 Å². The van der Waals surface area contributed by atoms with Gasteiger partial charge in [0.25, 0.3) is 0 Å². The number of rotatable bonds is 8. The first-order valence-electron chi connectivity index (χ1n) is 6.56. The predicted molar refractivity (Wildman–Crippen MR) is 89.7 cm³/mol. The smallest absolute Gasteiger partial charge is 0.131 e. The Balaban J connectivity index is 2.17. The third-order valence-corrected chi connectivity index (χ3v) is 4.19. The summed E-state index contributed by atoms with van der Waals surface area (Å²) < 4.78 is 10.6. The van der Waals surface area contributed by atoms with Crippen LogP contribution in [-0.4, -0.2) is 13.3 Å². The number of thioether (sulfide) groups is 1. The van der Waals surface area contributed by atoms with E-state index in [-0.39, 0.29) is 0 Å². The van der Waals surface area contributed by atoms with Gasteiger partial charge in [-0.25, -0.2) is 0 Å². The van der Waals surface area contributed by atoms with Gasteiger partial charge < -0.3 is 10.1 Å². The molecule has 2 aromatic carbocycles. The van der Waals surface area contributed by atoms with Crippen LogP contribution in [0.4, 0.5) is 0 Å². The maximum Gasteiger partial charge on any atom is 0.131 e. The molecule has 0 heterocycles. The monoisotopic (exact) mass is 338 g/mol. The first kappa shape index (κ1) is 17.1. The van der Waals surface area contributed by atoms with Gasteiger partial charge in [0.05, 0.1) is 12.0 Å². The number of nitrogens with one attached hydrogen (secondary N) is 1. The summed E-state index contributed by atoms with van der Waals surface area (Å²) in [5.41, 5.74) is 1.02. The Bertz CT molecular complexity index is 594. The Morgan fingerprint density at radius 3 is 2.45 bits per heavy atom. The van der Waals surface area contributed by atoms with Crippen molar-refractivity contribution in [2.75, 3.05) is 13.3 Å². The summed E-state index contributed by atoms with van der Waals surface area (Å²) in [5, 5.41) is 3.12. The van der Waals surface area contributed by atoms with Crippen LogP contribution in [-0.2, 0) is 15.9 Å². The van der Waals surface area contributed by atoms with Crippen LogP contribution < -0.4 is 16.0 Å². The highest BCUT2D eigenvalue weighted by atomic mass is 32.2. The summed E-state index contributed by atoms with van der Waals surface area (Å²) in [6.45, 7) is 0.677. The van der Waals surface area contributed by atoms with Gasteiger partial charge in [0, 0.05) is 21.9 Å². The van der Waals surface area contributed by atoms with Gasteiger partial charge in [-0.3, -0.25) is 0 Å². The molecule has 0 fully saturated rings. The lowest BCUT2D eigenvalue weighted by Gasteiger charge is -2.12. The van der Waals surface area contributed by atoms with Gasteiger partial charge in [0.15, 0.2) is 0 Å². The predicted octanol–water partition coefficient (Wildman–Crippen LogP) is 3.75. The van der Waals surface area contributed by atoms with Crippen molar-refractivity contribution < 1.29 is 14.1 Å². The Labute approximate surface area is 138 Å². The van der Waals surface area contributed by atoms with E-state index in [0.717, 1.165) is 34.0 Å². The molecule has 2 aromatic rings. The van der Waals surface area contributed by atoms with Crippen molar-refractivity contribution in [1.82, 2.24) is 5.32 Å². The zero-order valence-corrected chi connectivity index (χ0v) is 14.0. The average Bonchev–Trinajstić information content (AvgIpc) is 2.56. The van der Waals surface area contributed by atoms with Gasteiger partial charge in [-0.05, 0) is 55.8 Å². The first-order valence-corrected chi connectivity index (χ1v) is 8.53. The third kappa shape index (κ3) is 4.91. The number of hydrogen-bond acceptors (Lipinski definition) is 7. The molecule has 7 heteroatoms. The summed E-state index contributed by atoms with van der Waals surface area (Å²) in [4.78, 5) is 6.19. The molecule has 2 rings (SSSR count). The quantitative estimate of drug-likeness (QED) is 0.329. The van der Waals surface area contributed by atoms with Crippen molar-refractivity contribution in [2.24, 2.45) is 5.90 Å². The molecule has 0 aliphatic carbocycles. The molecule has 118 valence electrons. The highest BCUT2D eigenvalue weighted by molar-refractivity contribution is 7.98. The van der Waals surface area contributed by atoms with Crippen LogP contribution in [0.1, 0.15) is 5.56 Å². The second-order valence-corrected chi connectivity index (χ2v) is 5.98. The first-order chi connectivity index (χ1) is 10.8. The summed E-state index contributed by atoms with van der Waals surface area (Å²) in [6, 6.07) is 13.7. The average molecular weight is 338 g/mol. The molecule has 5 nitrogen and oxygen atoms in total. The van der Waals surface area contributed by atoms with Crippen LogP contribution >= 0.6 is 23.8 Å². The van der Waals surface area contributed by atoms with E-state index in [2.05, 4.69) is 14.6 Å². The fourth-order valence-electron chi connectivity index (χ4n) is 1.87. The molecule has 0 unspecified atom stereocenters. The van der Waals surface area contributed by atoms with E-state index in [4.69, 9.17) is 10.6 Å². The Kier molecular flexibility index (Phi) is 7.04. The van der Waals surface area contributed by atoms with Crippen LogP contribution in [0.25, 0.3) is 0 Å². The highest BCUT2D eigenvalue weighted by Gasteiger charge is 2.07. The lowest BCUT2D eigenvalue weighted by atomic mass is 10.2. The number of ether oxygens (including phenoxy) is 1. The number of hydrogen-bond donors (Lipinski definition) is 2. The van der Waals surface area contributed by atoms with Gasteiger partial charge in [-0.1, -0.05) is 0 Å². The van der Waals surface area contributed by atoms with E-state index in [0.29, 0.717) is 6.54 Å². The Hall–Kier alpha value is -1.22. The minimum atomic E-state index is 0.677. The van der Waals surface area contributed by atoms with Crippen molar-refractivity contribution in [1.29, 1.82) is 0 Å². The zero-order chi connectivity index (χ0) is 15.8. The SMILES string of the molecule is CNCc1cc(SOON)ccc1Oc1ccc(SC)cc1. The Morgan fingerprint density at radius 2 is 1.82 bits per heavy atom. The summed E-state index contributed by atoms with van der Waals surface area (Å²) >= 11 is 2.75. The van der Waals surface area contributed by atoms with E-state index >= 15 is 0 Å². The normalized spacial score (nSPS) is 10.7. The minimum absolute atomic E-state index is 0.677. The molecule has 0 aromatic heterocycles. The van der Waals surface area contributed by atoms with Gasteiger partial charge in [0.2, 0.25) is 0 Å². The van der Waals surface area contributed by atoms with Crippen LogP contribution in [0.2, 0.25) is 0 Å². The molecule has 0 saturated heterocycles. The second-order valence-electron chi connectivity index (χ2n) is 4.33. The van der Waals surface area contributed by atoms with E-state index in [1.165, 1.54) is 4.90 Å². The van der Waals surface area contributed by atoms with Gasteiger partial charge in [-0.2, -0.15) is 5.90 Å². The maximum atomic E-state index is 5.97. The molecule has 3 N–H and O–H groups in total. The molecule has 0 aliphatic heterocycles. The van der Waals surface area contributed by atoms with Crippen molar-refractivity contribution in [3.63, 3.8) is 0 Å². The molecule has 0 spiro atoms. The van der Waals surface area contributed by atoms with Gasteiger partial charge >= 0.3 is 0 Å². The van der Waals surface area contributed by atoms with Crippen LogP contribution in [0.5, 0.6) is 11.5 Å². The van der Waals surface area contributed by atoms with Crippen LogP contribution in [0, 0.1) is 0 Å². The molecule has 0 bridgehead atoms. The molecule has 0 atom stereocenters. The summed E-state index contributed by atoms with van der Waals surface area (Å²) in [6.07, 6.45) is 2.05. The third-order valence-electron chi connectivity index (χ3n) is 2.86. The molecule has 22 heavy (non-hydrogen) atoms. The largest absolute Gasteiger partial charge is 0.457 e. The van der Waals surface area contributed by atoms with Gasteiger partial charge in [0.1, 0.15) is 11.5 Å². The molecule has 0 aliphatic rings. The van der Waals surface area contributed by atoms with Crippen LogP contribution in [0.15, 0.2) is 52.3 Å². The topological polar surface area (TPSA) is 65.7 Å². The molecule has 0 saturated carbocycles. The van der Waals surface area contributed by atoms with E-state index in [1.807, 2.05) is 55.8 Å². The highest BCUT2D eigenvalue weighted by Crippen LogP contribution is 2.30. The number of benzene rings is 2. The summed E-state index contributed by atoms with van der Waals surface area (Å²) in [7, 11) is 1.89. The molecule has 0 amide bonds. The van der Waals surface area contributed by atoms with Crippen molar-refractivity contribution in [2.45, 2.75) is 16.3 Å². The Morgan fingerprint density at radius 1 is 1.09 bits per heavy atom. The molecular formula is C15H18N2O3S2. The maximum absolute atomic E-state index is 5.97. The summed E-state index contributed by atoms with van der Waals surface area (Å²) in [5.74, 6) is 6.45. The molecule has 0 radical (unpaired) electrons. The van der Waals surface area contributed by atoms with E-state index in [9.17, 15) is 0 Å². The van der Waals surface area contributed by atoms with Gasteiger partial charge in [-0.15, -0.1) is 21.1 Å². The lowest BCUT2D eigenvalue weighted by Crippen LogP contribution is -2.06. The fraction of sp³-hybridized carbons (Fsp3) is 0.200. The second kappa shape index (κ2) is 9.04. The van der Waals surface area contributed by atoms with Crippen molar-refractivity contribution in [3.8, 4) is 11.5 Å².